The highest BCUT2D eigenvalue weighted by Gasteiger charge is 2.18. The topological polar surface area (TPSA) is 80.3 Å². The number of carbonyl (C=O) groups is 2. The van der Waals surface area contributed by atoms with E-state index >= 15 is 0 Å². The molecule has 1 rings (SSSR count). The molecular formula is C20H28O4-2. The monoisotopic (exact) mass is 332 g/mol. The second kappa shape index (κ2) is 10.8. The Hall–Kier alpha value is -1.84. The number of carboxylic acids is 2. The smallest absolute Gasteiger partial charge is 0.0724 e. The largest absolute Gasteiger partial charge is 0.545 e. The van der Waals surface area contributed by atoms with Crippen LogP contribution in [-0.2, 0) is 0 Å². The quantitative estimate of drug-likeness (QED) is 0.551. The van der Waals surface area contributed by atoms with Gasteiger partial charge in [0.25, 0.3) is 0 Å². The molecule has 0 saturated carbocycles. The fourth-order valence-corrected chi connectivity index (χ4v) is 3.21. The molecule has 0 radical (unpaired) electrons. The molecular weight excluding hydrogens is 304 g/mol. The van der Waals surface area contributed by atoms with Crippen molar-refractivity contribution >= 4 is 11.9 Å². The number of unbranched alkanes of at least 4 members (excludes halogenated alkanes) is 5. The van der Waals surface area contributed by atoms with Gasteiger partial charge >= 0.3 is 0 Å². The summed E-state index contributed by atoms with van der Waals surface area (Å²) < 4.78 is 0. The molecule has 0 saturated heterocycles. The summed E-state index contributed by atoms with van der Waals surface area (Å²) in [5.74, 6) is -2.84. The van der Waals surface area contributed by atoms with E-state index in [1.54, 1.807) is 12.1 Å². The fraction of sp³-hybridized carbons (Fsp3) is 0.600. The molecule has 1 atom stereocenters. The van der Waals surface area contributed by atoms with Gasteiger partial charge in [0.15, 0.2) is 0 Å². The lowest BCUT2D eigenvalue weighted by atomic mass is 9.84. The van der Waals surface area contributed by atoms with E-state index in [9.17, 15) is 19.8 Å². The summed E-state index contributed by atoms with van der Waals surface area (Å²) in [5.41, 5.74) is 0.104. The normalized spacial score (nSPS) is 12.1. The molecule has 1 aromatic rings. The lowest BCUT2D eigenvalue weighted by Gasteiger charge is -2.23. The Morgan fingerprint density at radius 2 is 1.50 bits per heavy atom. The SMILES string of the molecule is CCCCCCCC(CCCC)c1cccc(C(=O)[O-])c1C(=O)[O-]. The third-order valence-electron chi connectivity index (χ3n) is 4.52. The Morgan fingerprint density at radius 1 is 0.875 bits per heavy atom. The van der Waals surface area contributed by atoms with Crippen LogP contribution in [0.2, 0.25) is 0 Å². The average molecular weight is 332 g/mol. The van der Waals surface area contributed by atoms with Crippen molar-refractivity contribution < 1.29 is 19.8 Å². The van der Waals surface area contributed by atoms with E-state index in [4.69, 9.17) is 0 Å². The van der Waals surface area contributed by atoms with Crippen LogP contribution in [0.25, 0.3) is 0 Å². The third-order valence-corrected chi connectivity index (χ3v) is 4.52. The molecule has 0 aliphatic heterocycles. The van der Waals surface area contributed by atoms with Crippen LogP contribution in [0.4, 0.5) is 0 Å². The van der Waals surface area contributed by atoms with E-state index in [0.29, 0.717) is 5.56 Å². The summed E-state index contributed by atoms with van der Waals surface area (Å²) in [4.78, 5) is 22.8. The molecule has 0 spiro atoms. The van der Waals surface area contributed by atoms with Crippen LogP contribution >= 0.6 is 0 Å². The van der Waals surface area contributed by atoms with Gasteiger partial charge in [0.2, 0.25) is 0 Å². The fourth-order valence-electron chi connectivity index (χ4n) is 3.21. The van der Waals surface area contributed by atoms with Gasteiger partial charge in [-0.15, -0.1) is 0 Å². The molecule has 0 aliphatic rings. The van der Waals surface area contributed by atoms with Crippen molar-refractivity contribution in [1.29, 1.82) is 0 Å². The highest BCUT2D eigenvalue weighted by Crippen LogP contribution is 2.32. The first-order valence-corrected chi connectivity index (χ1v) is 9.08. The van der Waals surface area contributed by atoms with Crippen molar-refractivity contribution in [3.63, 3.8) is 0 Å². The van der Waals surface area contributed by atoms with Crippen LogP contribution in [0, 0.1) is 0 Å². The minimum absolute atomic E-state index is 0.0544. The van der Waals surface area contributed by atoms with Gasteiger partial charge in [-0.1, -0.05) is 77.0 Å². The predicted octanol–water partition coefficient (Wildman–Crippen LogP) is 3.05. The number of carboxylic acid groups (broad SMARTS) is 2. The predicted molar refractivity (Wildman–Crippen MR) is 90.7 cm³/mol. The number of carbonyl (C=O) groups excluding carboxylic acids is 2. The maximum Gasteiger partial charge on any atom is 0.0724 e. The van der Waals surface area contributed by atoms with Gasteiger partial charge < -0.3 is 19.8 Å². The van der Waals surface area contributed by atoms with E-state index in [2.05, 4.69) is 13.8 Å². The van der Waals surface area contributed by atoms with Gasteiger partial charge in [-0.2, -0.15) is 0 Å². The number of hydrogen-bond acceptors (Lipinski definition) is 4. The average Bonchev–Trinajstić information content (AvgIpc) is 2.56. The third kappa shape index (κ3) is 5.99. The Morgan fingerprint density at radius 3 is 2.08 bits per heavy atom. The molecule has 0 N–H and O–H groups in total. The number of benzene rings is 1. The molecule has 24 heavy (non-hydrogen) atoms. The van der Waals surface area contributed by atoms with Crippen LogP contribution in [-0.4, -0.2) is 11.9 Å². The summed E-state index contributed by atoms with van der Waals surface area (Å²) in [7, 11) is 0. The van der Waals surface area contributed by atoms with E-state index in [1.807, 2.05) is 0 Å². The van der Waals surface area contributed by atoms with Crippen molar-refractivity contribution in [3.05, 3.63) is 34.9 Å². The van der Waals surface area contributed by atoms with Crippen LogP contribution in [0.15, 0.2) is 18.2 Å². The zero-order chi connectivity index (χ0) is 17.9. The second-order valence-corrected chi connectivity index (χ2v) is 6.39. The minimum Gasteiger partial charge on any atom is -0.545 e. The first-order chi connectivity index (χ1) is 11.5. The molecule has 134 valence electrons. The summed E-state index contributed by atoms with van der Waals surface area (Å²) in [6.07, 6.45) is 9.47. The van der Waals surface area contributed by atoms with Crippen molar-refractivity contribution in [1.82, 2.24) is 0 Å². The summed E-state index contributed by atoms with van der Waals surface area (Å²) in [6.45, 7) is 4.26. The van der Waals surface area contributed by atoms with Gasteiger partial charge in [0.05, 0.1) is 11.9 Å². The van der Waals surface area contributed by atoms with Gasteiger partial charge in [-0.05, 0) is 24.3 Å². The second-order valence-electron chi connectivity index (χ2n) is 6.39. The van der Waals surface area contributed by atoms with E-state index in [1.165, 1.54) is 25.3 Å². The van der Waals surface area contributed by atoms with Crippen molar-refractivity contribution in [2.75, 3.05) is 0 Å². The molecule has 0 fully saturated rings. The summed E-state index contributed by atoms with van der Waals surface area (Å²) in [6, 6.07) is 4.61. The van der Waals surface area contributed by atoms with Crippen LogP contribution in [0.5, 0.6) is 0 Å². The molecule has 1 unspecified atom stereocenters. The number of hydrogen-bond donors (Lipinski definition) is 0. The van der Waals surface area contributed by atoms with E-state index in [0.717, 1.165) is 38.5 Å². The molecule has 0 aliphatic carbocycles. The van der Waals surface area contributed by atoms with Gasteiger partial charge in [0, 0.05) is 11.1 Å². The standard InChI is InChI=1S/C20H30O4/c1-3-5-7-8-9-12-15(11-6-4-2)16-13-10-14-17(19(21)22)18(16)20(23)24/h10,13-15H,3-9,11-12H2,1-2H3,(H,21,22)(H,23,24)/p-2. The van der Waals surface area contributed by atoms with E-state index in [-0.39, 0.29) is 17.0 Å². The van der Waals surface area contributed by atoms with Gasteiger partial charge in [0.1, 0.15) is 0 Å². The Balaban J connectivity index is 3.01. The molecule has 0 heterocycles. The van der Waals surface area contributed by atoms with Crippen molar-refractivity contribution in [3.8, 4) is 0 Å². The van der Waals surface area contributed by atoms with Crippen molar-refractivity contribution in [2.45, 2.75) is 77.6 Å². The number of rotatable bonds is 12. The van der Waals surface area contributed by atoms with Crippen molar-refractivity contribution in [2.24, 2.45) is 0 Å². The molecule has 0 amide bonds. The highest BCUT2D eigenvalue weighted by atomic mass is 16.4. The molecule has 4 heteroatoms. The number of aromatic carboxylic acids is 2. The Bertz CT molecular complexity index is 536. The first kappa shape index (κ1) is 20.2. The minimum atomic E-state index is -1.46. The first-order valence-electron chi connectivity index (χ1n) is 9.08. The maximum absolute atomic E-state index is 11.5. The molecule has 0 aromatic heterocycles. The summed E-state index contributed by atoms with van der Waals surface area (Å²) in [5, 5.41) is 22.8. The zero-order valence-electron chi connectivity index (χ0n) is 14.8. The zero-order valence-corrected chi connectivity index (χ0v) is 14.8. The Labute approximate surface area is 144 Å². The Kier molecular flexibility index (Phi) is 9.13. The van der Waals surface area contributed by atoms with E-state index < -0.39 is 11.9 Å². The molecule has 4 nitrogen and oxygen atoms in total. The molecule has 0 bridgehead atoms. The highest BCUT2D eigenvalue weighted by molar-refractivity contribution is 6.01. The lowest BCUT2D eigenvalue weighted by Crippen LogP contribution is -2.31. The van der Waals surface area contributed by atoms with Gasteiger partial charge in [-0.3, -0.25) is 0 Å². The maximum atomic E-state index is 11.5. The summed E-state index contributed by atoms with van der Waals surface area (Å²) >= 11 is 0. The van der Waals surface area contributed by atoms with Crippen LogP contribution in [0.3, 0.4) is 0 Å². The molecule has 1 aromatic carbocycles. The lowest BCUT2D eigenvalue weighted by molar-refractivity contribution is -0.259. The van der Waals surface area contributed by atoms with Crippen LogP contribution < -0.4 is 10.2 Å². The van der Waals surface area contributed by atoms with Crippen LogP contribution in [0.1, 0.15) is 104 Å². The van der Waals surface area contributed by atoms with Gasteiger partial charge in [-0.25, -0.2) is 0 Å².